The maximum Gasteiger partial charge on any atom is 0.254 e. The molecular weight excluding hydrogens is 340 g/mol. The van der Waals surface area contributed by atoms with Crippen molar-refractivity contribution < 1.29 is 4.79 Å². The SMILES string of the molecule is Cc1ccc(C)c(SCc2cccc(C(=O)N3CC(CN)CC3C)c2)c1. The van der Waals surface area contributed by atoms with Crippen molar-refractivity contribution >= 4 is 17.7 Å². The first-order valence-electron chi connectivity index (χ1n) is 9.28. The molecule has 2 aromatic carbocycles. The van der Waals surface area contributed by atoms with E-state index < -0.39 is 0 Å². The van der Waals surface area contributed by atoms with E-state index in [1.807, 2.05) is 34.9 Å². The quantitative estimate of drug-likeness (QED) is 0.796. The molecule has 0 aliphatic carbocycles. The molecule has 2 N–H and O–H groups in total. The Morgan fingerprint density at radius 2 is 2.04 bits per heavy atom. The van der Waals surface area contributed by atoms with Crippen LogP contribution in [0.1, 0.15) is 40.4 Å². The van der Waals surface area contributed by atoms with Crippen LogP contribution in [0.4, 0.5) is 0 Å². The Labute approximate surface area is 161 Å². The summed E-state index contributed by atoms with van der Waals surface area (Å²) in [5.74, 6) is 1.43. The summed E-state index contributed by atoms with van der Waals surface area (Å²) in [6.45, 7) is 7.81. The van der Waals surface area contributed by atoms with Crippen molar-refractivity contribution in [2.24, 2.45) is 11.7 Å². The average Bonchev–Trinajstić information content (AvgIpc) is 3.03. The molecular formula is C22H28N2OS. The van der Waals surface area contributed by atoms with Gasteiger partial charge in [0.2, 0.25) is 0 Å². The van der Waals surface area contributed by atoms with Gasteiger partial charge >= 0.3 is 0 Å². The molecule has 0 radical (unpaired) electrons. The highest BCUT2D eigenvalue weighted by Crippen LogP contribution is 2.28. The van der Waals surface area contributed by atoms with Gasteiger partial charge in [-0.1, -0.05) is 29.8 Å². The Bertz CT molecular complexity index is 789. The van der Waals surface area contributed by atoms with E-state index in [1.54, 1.807) is 0 Å². The van der Waals surface area contributed by atoms with Crippen LogP contribution in [-0.4, -0.2) is 29.9 Å². The van der Waals surface area contributed by atoms with Crippen LogP contribution in [-0.2, 0) is 5.75 Å². The summed E-state index contributed by atoms with van der Waals surface area (Å²) in [6.07, 6.45) is 1.00. The van der Waals surface area contributed by atoms with Crippen LogP contribution in [0.15, 0.2) is 47.4 Å². The molecule has 26 heavy (non-hydrogen) atoms. The molecule has 1 amide bonds. The monoisotopic (exact) mass is 368 g/mol. The van der Waals surface area contributed by atoms with E-state index in [1.165, 1.54) is 21.6 Å². The summed E-state index contributed by atoms with van der Waals surface area (Å²) in [6, 6.07) is 14.9. The summed E-state index contributed by atoms with van der Waals surface area (Å²) in [5, 5.41) is 0. The Morgan fingerprint density at radius 3 is 2.77 bits per heavy atom. The predicted molar refractivity (Wildman–Crippen MR) is 110 cm³/mol. The minimum Gasteiger partial charge on any atom is -0.336 e. The van der Waals surface area contributed by atoms with Crippen LogP contribution < -0.4 is 5.73 Å². The van der Waals surface area contributed by atoms with E-state index in [0.717, 1.165) is 24.3 Å². The second-order valence-corrected chi connectivity index (χ2v) is 8.42. The summed E-state index contributed by atoms with van der Waals surface area (Å²) in [5.41, 5.74) is 10.3. The largest absolute Gasteiger partial charge is 0.336 e. The number of rotatable bonds is 5. The molecule has 2 unspecified atom stereocenters. The van der Waals surface area contributed by atoms with Crippen LogP contribution in [0.2, 0.25) is 0 Å². The van der Waals surface area contributed by atoms with Crippen molar-refractivity contribution in [2.75, 3.05) is 13.1 Å². The van der Waals surface area contributed by atoms with Crippen LogP contribution in [0.3, 0.4) is 0 Å². The van der Waals surface area contributed by atoms with Gasteiger partial charge in [0.25, 0.3) is 5.91 Å². The van der Waals surface area contributed by atoms with Crippen molar-refractivity contribution in [2.45, 2.75) is 43.9 Å². The molecule has 0 aromatic heterocycles. The summed E-state index contributed by atoms with van der Waals surface area (Å²) in [7, 11) is 0. The van der Waals surface area contributed by atoms with Crippen LogP contribution >= 0.6 is 11.8 Å². The second kappa shape index (κ2) is 8.28. The number of hydrogen-bond donors (Lipinski definition) is 1. The van der Waals surface area contributed by atoms with Gasteiger partial charge in [-0.2, -0.15) is 0 Å². The third-order valence-electron chi connectivity index (χ3n) is 5.17. The predicted octanol–water partition coefficient (Wildman–Crippen LogP) is 4.41. The van der Waals surface area contributed by atoms with Crippen LogP contribution in [0, 0.1) is 19.8 Å². The number of likely N-dealkylation sites (tertiary alicyclic amines) is 1. The normalized spacial score (nSPS) is 19.8. The Kier molecular flexibility index (Phi) is 6.05. The molecule has 0 bridgehead atoms. The summed E-state index contributed by atoms with van der Waals surface area (Å²) >= 11 is 1.83. The van der Waals surface area contributed by atoms with E-state index in [-0.39, 0.29) is 11.9 Å². The molecule has 1 aliphatic rings. The van der Waals surface area contributed by atoms with Crippen molar-refractivity contribution in [1.82, 2.24) is 4.90 Å². The van der Waals surface area contributed by atoms with Gasteiger partial charge in [0.1, 0.15) is 0 Å². The number of amides is 1. The molecule has 1 saturated heterocycles. The van der Waals surface area contributed by atoms with Gasteiger partial charge in [0.15, 0.2) is 0 Å². The van der Waals surface area contributed by atoms with E-state index in [2.05, 4.69) is 45.0 Å². The maximum atomic E-state index is 12.9. The van der Waals surface area contributed by atoms with Gasteiger partial charge in [-0.15, -0.1) is 11.8 Å². The molecule has 4 heteroatoms. The molecule has 3 nitrogen and oxygen atoms in total. The lowest BCUT2D eigenvalue weighted by atomic mass is 10.1. The van der Waals surface area contributed by atoms with Gasteiger partial charge in [-0.05, 0) is 69.0 Å². The van der Waals surface area contributed by atoms with E-state index in [9.17, 15) is 4.79 Å². The molecule has 0 saturated carbocycles. The van der Waals surface area contributed by atoms with Crippen LogP contribution in [0.5, 0.6) is 0 Å². The maximum absolute atomic E-state index is 12.9. The fourth-order valence-corrected chi connectivity index (χ4v) is 4.65. The van der Waals surface area contributed by atoms with E-state index in [4.69, 9.17) is 5.73 Å². The second-order valence-electron chi connectivity index (χ2n) is 7.40. The topological polar surface area (TPSA) is 46.3 Å². The minimum atomic E-state index is 0.132. The molecule has 0 spiro atoms. The van der Waals surface area contributed by atoms with Crippen LogP contribution in [0.25, 0.3) is 0 Å². The Morgan fingerprint density at radius 1 is 1.23 bits per heavy atom. The first-order chi connectivity index (χ1) is 12.5. The molecule has 2 aromatic rings. The van der Waals surface area contributed by atoms with E-state index >= 15 is 0 Å². The molecule has 2 atom stereocenters. The summed E-state index contributed by atoms with van der Waals surface area (Å²) in [4.78, 5) is 16.2. The van der Waals surface area contributed by atoms with Crippen molar-refractivity contribution in [3.63, 3.8) is 0 Å². The Balaban J connectivity index is 1.70. The smallest absolute Gasteiger partial charge is 0.254 e. The average molecular weight is 369 g/mol. The highest BCUT2D eigenvalue weighted by molar-refractivity contribution is 7.98. The molecule has 1 aliphatic heterocycles. The number of carbonyl (C=O) groups is 1. The number of hydrogen-bond acceptors (Lipinski definition) is 3. The van der Waals surface area contributed by atoms with Gasteiger partial charge < -0.3 is 10.6 Å². The third kappa shape index (κ3) is 4.30. The first-order valence-corrected chi connectivity index (χ1v) is 10.3. The Hall–Kier alpha value is -1.78. The number of nitrogens with two attached hydrogens (primary N) is 1. The zero-order chi connectivity index (χ0) is 18.7. The number of thioether (sulfide) groups is 1. The highest BCUT2D eigenvalue weighted by Gasteiger charge is 2.32. The zero-order valence-corrected chi connectivity index (χ0v) is 16.7. The zero-order valence-electron chi connectivity index (χ0n) is 15.9. The lowest BCUT2D eigenvalue weighted by Gasteiger charge is -2.22. The minimum absolute atomic E-state index is 0.132. The fourth-order valence-electron chi connectivity index (χ4n) is 3.58. The lowest BCUT2D eigenvalue weighted by molar-refractivity contribution is 0.0743. The standard InChI is InChI=1S/C22H28N2OS/c1-15-7-8-16(2)21(9-15)26-14-18-5-4-6-20(11-18)22(25)24-13-19(12-23)10-17(24)3/h4-9,11,17,19H,10,12-14,23H2,1-3H3. The number of aryl methyl sites for hydroxylation is 2. The molecule has 1 fully saturated rings. The number of benzene rings is 2. The van der Waals surface area contributed by atoms with Gasteiger partial charge in [-0.25, -0.2) is 0 Å². The first kappa shape index (κ1) is 19.0. The molecule has 1 heterocycles. The number of nitrogens with zero attached hydrogens (tertiary/aromatic N) is 1. The lowest BCUT2D eigenvalue weighted by Crippen LogP contribution is -2.34. The number of carbonyl (C=O) groups excluding carboxylic acids is 1. The van der Waals surface area contributed by atoms with Crippen molar-refractivity contribution in [1.29, 1.82) is 0 Å². The summed E-state index contributed by atoms with van der Waals surface area (Å²) < 4.78 is 0. The van der Waals surface area contributed by atoms with Crippen molar-refractivity contribution in [3.05, 3.63) is 64.7 Å². The van der Waals surface area contributed by atoms with E-state index in [0.29, 0.717) is 12.5 Å². The van der Waals surface area contributed by atoms with Gasteiger partial charge in [0.05, 0.1) is 0 Å². The van der Waals surface area contributed by atoms with Crippen molar-refractivity contribution in [3.8, 4) is 0 Å². The van der Waals surface area contributed by atoms with Gasteiger partial charge in [-0.3, -0.25) is 4.79 Å². The van der Waals surface area contributed by atoms with Gasteiger partial charge in [0, 0.05) is 28.8 Å². The third-order valence-corrected chi connectivity index (χ3v) is 6.40. The highest BCUT2D eigenvalue weighted by atomic mass is 32.2. The molecule has 3 rings (SSSR count). The molecule has 138 valence electrons. The fraction of sp³-hybridized carbons (Fsp3) is 0.409.